The molecule has 3 rings (SSSR count). The van der Waals surface area contributed by atoms with E-state index in [4.69, 9.17) is 16.3 Å². The number of carbonyl (C=O) groups excluding carboxylic acids is 2. The normalized spacial score (nSPS) is 12.1. The zero-order valence-corrected chi connectivity index (χ0v) is 18.4. The maximum absolute atomic E-state index is 13.0. The van der Waals surface area contributed by atoms with E-state index in [1.807, 2.05) is 0 Å². The third kappa shape index (κ3) is 4.95. The van der Waals surface area contributed by atoms with Crippen molar-refractivity contribution in [3.8, 4) is 0 Å². The summed E-state index contributed by atoms with van der Waals surface area (Å²) < 4.78 is 32.4. The number of esters is 1. The summed E-state index contributed by atoms with van der Waals surface area (Å²) in [5.41, 5.74) is 0.718. The molecule has 0 aliphatic heterocycles. The minimum atomic E-state index is -3.95. The lowest BCUT2D eigenvalue weighted by molar-refractivity contribution is 0.0318. The van der Waals surface area contributed by atoms with Crippen LogP contribution in [-0.2, 0) is 14.8 Å². The smallest absolute Gasteiger partial charge is 0.340 e. The summed E-state index contributed by atoms with van der Waals surface area (Å²) in [6.07, 6.45) is -1.07. The minimum Gasteiger partial charge on any atom is -0.451 e. The highest BCUT2D eigenvalue weighted by Crippen LogP contribution is 2.26. The van der Waals surface area contributed by atoms with Crippen molar-refractivity contribution in [2.45, 2.75) is 17.9 Å². The molecule has 0 unspecified atom stereocenters. The number of benzene rings is 3. The number of nitrogens with zero attached hydrogens (tertiary/aromatic N) is 1. The van der Waals surface area contributed by atoms with E-state index in [-0.39, 0.29) is 21.3 Å². The predicted octanol–water partition coefficient (Wildman–Crippen LogP) is 4.59. The van der Waals surface area contributed by atoms with Crippen LogP contribution in [0.2, 0.25) is 5.02 Å². The molecular formula is C23H20ClNO5S. The minimum absolute atomic E-state index is 0.0191. The molecule has 0 bridgehead atoms. The lowest BCUT2D eigenvalue weighted by Gasteiger charge is -2.20. The van der Waals surface area contributed by atoms with Crippen LogP contribution in [0.5, 0.6) is 0 Å². The van der Waals surface area contributed by atoms with Crippen LogP contribution in [0.25, 0.3) is 0 Å². The van der Waals surface area contributed by atoms with Gasteiger partial charge < -0.3 is 4.74 Å². The van der Waals surface area contributed by atoms with Gasteiger partial charge in [-0.05, 0) is 37.3 Å². The van der Waals surface area contributed by atoms with Crippen molar-refractivity contribution >= 4 is 39.1 Å². The summed E-state index contributed by atoms with van der Waals surface area (Å²) in [5.74, 6) is -1.26. The highest BCUT2D eigenvalue weighted by molar-refractivity contribution is 7.92. The van der Waals surface area contributed by atoms with E-state index in [9.17, 15) is 18.0 Å². The number of hydrogen-bond donors (Lipinski definition) is 0. The Morgan fingerprint density at radius 1 is 0.935 bits per heavy atom. The van der Waals surface area contributed by atoms with Gasteiger partial charge in [0.2, 0.25) is 5.78 Å². The van der Waals surface area contributed by atoms with Gasteiger partial charge in [-0.15, -0.1) is 0 Å². The van der Waals surface area contributed by atoms with Crippen molar-refractivity contribution in [1.29, 1.82) is 0 Å². The SMILES string of the molecule is C[C@H](OC(=O)c1cc(S(=O)(=O)N(C)c2ccccc2)ccc1Cl)C(=O)c1ccccc1. The Morgan fingerprint density at radius 3 is 2.13 bits per heavy atom. The topological polar surface area (TPSA) is 80.8 Å². The van der Waals surface area contributed by atoms with Gasteiger partial charge in [0.05, 0.1) is 21.2 Å². The third-order valence-electron chi connectivity index (χ3n) is 4.65. The van der Waals surface area contributed by atoms with Crippen LogP contribution in [0.1, 0.15) is 27.6 Å². The van der Waals surface area contributed by atoms with Crippen LogP contribution in [0.3, 0.4) is 0 Å². The summed E-state index contributed by atoms with van der Waals surface area (Å²) in [7, 11) is -2.54. The monoisotopic (exact) mass is 457 g/mol. The molecule has 3 aromatic rings. The summed E-state index contributed by atoms with van der Waals surface area (Å²) in [5, 5.41) is 0.0191. The Labute approximate surface area is 186 Å². The zero-order valence-electron chi connectivity index (χ0n) is 16.9. The van der Waals surface area contributed by atoms with Crippen LogP contribution in [0.15, 0.2) is 83.8 Å². The van der Waals surface area contributed by atoms with E-state index in [1.165, 1.54) is 26.1 Å². The van der Waals surface area contributed by atoms with E-state index in [0.717, 1.165) is 10.4 Å². The average molecular weight is 458 g/mol. The van der Waals surface area contributed by atoms with E-state index >= 15 is 0 Å². The number of sulfonamides is 1. The van der Waals surface area contributed by atoms with Crippen molar-refractivity contribution in [2.24, 2.45) is 0 Å². The Balaban J connectivity index is 1.85. The molecule has 0 saturated heterocycles. The molecule has 0 aliphatic carbocycles. The largest absolute Gasteiger partial charge is 0.451 e. The van der Waals surface area contributed by atoms with Gasteiger partial charge in [-0.3, -0.25) is 9.10 Å². The first-order valence-corrected chi connectivity index (χ1v) is 11.2. The number of hydrogen-bond acceptors (Lipinski definition) is 5. The first-order valence-electron chi connectivity index (χ1n) is 9.35. The van der Waals surface area contributed by atoms with Crippen LogP contribution in [0.4, 0.5) is 5.69 Å². The second kappa shape index (κ2) is 9.32. The van der Waals surface area contributed by atoms with E-state index in [1.54, 1.807) is 60.7 Å². The van der Waals surface area contributed by atoms with Gasteiger partial charge in [-0.1, -0.05) is 60.1 Å². The van der Waals surface area contributed by atoms with Crippen molar-refractivity contribution in [2.75, 3.05) is 11.4 Å². The van der Waals surface area contributed by atoms with Gasteiger partial charge in [-0.2, -0.15) is 0 Å². The maximum Gasteiger partial charge on any atom is 0.340 e. The summed E-state index contributed by atoms with van der Waals surface area (Å²) in [6.45, 7) is 1.45. The molecule has 0 saturated carbocycles. The lowest BCUT2D eigenvalue weighted by atomic mass is 10.1. The maximum atomic E-state index is 13.0. The Bertz CT molecular complexity index is 1200. The molecule has 0 fully saturated rings. The standard InChI is InChI=1S/C23H20ClNO5S/c1-16(22(26)17-9-5-3-6-10-17)30-23(27)20-15-19(13-14-21(20)24)31(28,29)25(2)18-11-7-4-8-12-18/h3-16H,1-2H3/t16-/m0/s1. The fourth-order valence-electron chi connectivity index (χ4n) is 2.87. The summed E-state index contributed by atoms with van der Waals surface area (Å²) >= 11 is 6.12. The van der Waals surface area contributed by atoms with E-state index in [0.29, 0.717) is 11.3 Å². The third-order valence-corrected chi connectivity index (χ3v) is 6.76. The number of halogens is 1. The highest BCUT2D eigenvalue weighted by atomic mass is 35.5. The summed E-state index contributed by atoms with van der Waals surface area (Å²) in [4.78, 5) is 25.0. The van der Waals surface area contributed by atoms with Crippen molar-refractivity contribution in [3.05, 3.63) is 95.0 Å². The van der Waals surface area contributed by atoms with Crippen molar-refractivity contribution < 1.29 is 22.7 Å². The number of anilines is 1. The van der Waals surface area contributed by atoms with E-state index in [2.05, 4.69) is 0 Å². The van der Waals surface area contributed by atoms with Gasteiger partial charge in [-0.25, -0.2) is 13.2 Å². The van der Waals surface area contributed by atoms with Gasteiger partial charge >= 0.3 is 5.97 Å². The van der Waals surface area contributed by atoms with Crippen LogP contribution >= 0.6 is 11.6 Å². The zero-order chi connectivity index (χ0) is 22.6. The first kappa shape index (κ1) is 22.5. The second-order valence-corrected chi connectivity index (χ2v) is 9.10. The van der Waals surface area contributed by atoms with E-state index < -0.39 is 22.1 Å². The molecular weight excluding hydrogens is 438 g/mol. The average Bonchev–Trinajstić information content (AvgIpc) is 2.79. The second-order valence-electron chi connectivity index (χ2n) is 6.73. The van der Waals surface area contributed by atoms with Gasteiger partial charge in [0.25, 0.3) is 10.0 Å². The number of Topliss-reactive ketones (excluding diaryl/α,β-unsaturated/α-hetero) is 1. The van der Waals surface area contributed by atoms with Gasteiger partial charge in [0.1, 0.15) is 0 Å². The first-order chi connectivity index (χ1) is 14.7. The molecule has 0 amide bonds. The fraction of sp³-hybridized carbons (Fsp3) is 0.130. The molecule has 0 spiro atoms. The highest BCUT2D eigenvalue weighted by Gasteiger charge is 2.26. The van der Waals surface area contributed by atoms with Crippen molar-refractivity contribution in [3.63, 3.8) is 0 Å². The molecule has 3 aromatic carbocycles. The summed E-state index contributed by atoms with van der Waals surface area (Å²) in [6, 6.07) is 20.7. The molecule has 160 valence electrons. The molecule has 6 nitrogen and oxygen atoms in total. The Morgan fingerprint density at radius 2 is 1.52 bits per heavy atom. The number of carbonyl (C=O) groups is 2. The number of ether oxygens (including phenoxy) is 1. The predicted molar refractivity (Wildman–Crippen MR) is 119 cm³/mol. The van der Waals surface area contributed by atoms with Crippen LogP contribution in [-0.4, -0.2) is 33.3 Å². The number of ketones is 1. The number of rotatable bonds is 7. The molecule has 8 heteroatoms. The molecule has 0 aromatic heterocycles. The molecule has 0 heterocycles. The Kier molecular flexibility index (Phi) is 6.77. The fourth-order valence-corrected chi connectivity index (χ4v) is 4.29. The van der Waals surface area contributed by atoms with Crippen LogP contribution in [0, 0.1) is 0 Å². The Hall–Kier alpha value is -3.16. The molecule has 0 aliphatic rings. The molecule has 0 radical (unpaired) electrons. The molecule has 1 atom stereocenters. The van der Waals surface area contributed by atoms with Crippen molar-refractivity contribution in [1.82, 2.24) is 0 Å². The van der Waals surface area contributed by atoms with Gasteiger partial charge in [0, 0.05) is 12.6 Å². The molecule has 0 N–H and O–H groups in total. The van der Waals surface area contributed by atoms with Crippen LogP contribution < -0.4 is 4.31 Å². The lowest BCUT2D eigenvalue weighted by Crippen LogP contribution is -2.27. The quantitative estimate of drug-likeness (QED) is 0.383. The molecule has 31 heavy (non-hydrogen) atoms. The van der Waals surface area contributed by atoms with Gasteiger partial charge in [0.15, 0.2) is 6.10 Å². The number of para-hydroxylation sites is 1.